The van der Waals surface area contributed by atoms with Gasteiger partial charge in [0.05, 0.1) is 25.2 Å². The summed E-state index contributed by atoms with van der Waals surface area (Å²) in [7, 11) is 3.24. The van der Waals surface area contributed by atoms with Crippen molar-refractivity contribution in [2.75, 3.05) is 37.6 Å². The van der Waals surface area contributed by atoms with E-state index in [1.54, 1.807) is 26.0 Å². The minimum Gasteiger partial charge on any atom is -0.495 e. The molecule has 0 aromatic heterocycles. The average Bonchev–Trinajstić information content (AvgIpc) is 2.35. The van der Waals surface area contributed by atoms with Crippen LogP contribution in [-0.2, 0) is 9.53 Å². The Morgan fingerprint density at radius 2 is 2.17 bits per heavy atom. The minimum atomic E-state index is -0.0278. The number of hydrogen-bond donors (Lipinski definition) is 1. The lowest BCUT2D eigenvalue weighted by molar-refractivity contribution is -0.113. The molecule has 0 saturated heterocycles. The van der Waals surface area contributed by atoms with Gasteiger partial charge in [0.25, 0.3) is 0 Å². The molecule has 1 rings (SSSR count). The maximum atomic E-state index is 11.7. The standard InChI is InChI=1S/C13H19NO3S/c1-10-4-5-12(17-3)11(8-10)14-13(15)9-18-7-6-16-2/h4-5,8H,6-7,9H2,1-3H3,(H,14,15). The lowest BCUT2D eigenvalue weighted by Crippen LogP contribution is -2.15. The number of nitrogens with one attached hydrogen (secondary N) is 1. The molecule has 0 radical (unpaired) electrons. The Bertz CT molecular complexity index is 396. The maximum Gasteiger partial charge on any atom is 0.234 e. The smallest absolute Gasteiger partial charge is 0.234 e. The number of anilines is 1. The van der Waals surface area contributed by atoms with Crippen molar-refractivity contribution in [3.8, 4) is 5.75 Å². The van der Waals surface area contributed by atoms with Crippen LogP contribution in [0.25, 0.3) is 0 Å². The van der Waals surface area contributed by atoms with Crippen LogP contribution < -0.4 is 10.1 Å². The van der Waals surface area contributed by atoms with Crippen LogP contribution in [0.5, 0.6) is 5.75 Å². The Balaban J connectivity index is 2.50. The molecule has 0 bridgehead atoms. The van der Waals surface area contributed by atoms with Gasteiger partial charge in [0.15, 0.2) is 0 Å². The number of amides is 1. The predicted octanol–water partition coefficient (Wildman–Crippen LogP) is 2.32. The second-order valence-electron chi connectivity index (χ2n) is 3.80. The van der Waals surface area contributed by atoms with E-state index >= 15 is 0 Å². The van der Waals surface area contributed by atoms with Crippen LogP contribution in [0.3, 0.4) is 0 Å². The number of hydrogen-bond acceptors (Lipinski definition) is 4. The van der Waals surface area contributed by atoms with E-state index in [9.17, 15) is 4.79 Å². The lowest BCUT2D eigenvalue weighted by atomic mass is 10.2. The van der Waals surface area contributed by atoms with Crippen molar-refractivity contribution in [2.24, 2.45) is 0 Å². The van der Waals surface area contributed by atoms with Crippen molar-refractivity contribution in [1.29, 1.82) is 0 Å². The number of carbonyl (C=O) groups is 1. The first-order valence-corrected chi connectivity index (χ1v) is 6.84. The third kappa shape index (κ3) is 4.98. The zero-order valence-electron chi connectivity index (χ0n) is 11.0. The fourth-order valence-electron chi connectivity index (χ4n) is 1.41. The van der Waals surface area contributed by atoms with Crippen LogP contribution in [0.15, 0.2) is 18.2 Å². The first-order chi connectivity index (χ1) is 8.67. The van der Waals surface area contributed by atoms with Gasteiger partial charge in [0.2, 0.25) is 5.91 Å². The maximum absolute atomic E-state index is 11.7. The van der Waals surface area contributed by atoms with E-state index in [-0.39, 0.29) is 5.91 Å². The summed E-state index contributed by atoms with van der Waals surface area (Å²) < 4.78 is 10.1. The van der Waals surface area contributed by atoms with Crippen molar-refractivity contribution >= 4 is 23.4 Å². The highest BCUT2D eigenvalue weighted by atomic mass is 32.2. The zero-order valence-corrected chi connectivity index (χ0v) is 11.8. The summed E-state index contributed by atoms with van der Waals surface area (Å²) in [6.45, 7) is 2.63. The number of thioether (sulfide) groups is 1. The fourth-order valence-corrected chi connectivity index (χ4v) is 2.10. The molecule has 0 atom stereocenters. The van der Waals surface area contributed by atoms with Crippen molar-refractivity contribution < 1.29 is 14.3 Å². The lowest BCUT2D eigenvalue weighted by Gasteiger charge is -2.10. The number of aryl methyl sites for hydroxylation is 1. The quantitative estimate of drug-likeness (QED) is 0.772. The van der Waals surface area contributed by atoms with E-state index in [1.807, 2.05) is 25.1 Å². The summed E-state index contributed by atoms with van der Waals surface area (Å²) >= 11 is 1.54. The fraction of sp³-hybridized carbons (Fsp3) is 0.462. The Labute approximate surface area is 112 Å². The molecule has 1 amide bonds. The average molecular weight is 269 g/mol. The van der Waals surface area contributed by atoms with Crippen LogP contribution >= 0.6 is 11.8 Å². The predicted molar refractivity (Wildman–Crippen MR) is 75.6 cm³/mol. The zero-order chi connectivity index (χ0) is 13.4. The highest BCUT2D eigenvalue weighted by Crippen LogP contribution is 2.25. The van der Waals surface area contributed by atoms with Gasteiger partial charge in [-0.15, -0.1) is 11.8 Å². The number of ether oxygens (including phenoxy) is 2. The molecule has 18 heavy (non-hydrogen) atoms. The van der Waals surface area contributed by atoms with Gasteiger partial charge >= 0.3 is 0 Å². The van der Waals surface area contributed by atoms with E-state index in [4.69, 9.17) is 9.47 Å². The Hall–Kier alpha value is -1.20. The van der Waals surface area contributed by atoms with E-state index in [0.717, 1.165) is 17.0 Å². The molecule has 0 aliphatic heterocycles. The molecule has 4 nitrogen and oxygen atoms in total. The monoisotopic (exact) mass is 269 g/mol. The first-order valence-electron chi connectivity index (χ1n) is 5.68. The van der Waals surface area contributed by atoms with Gasteiger partial charge in [0.1, 0.15) is 5.75 Å². The Morgan fingerprint density at radius 1 is 1.39 bits per heavy atom. The third-order valence-corrected chi connectivity index (χ3v) is 3.22. The van der Waals surface area contributed by atoms with Gasteiger partial charge in [-0.3, -0.25) is 4.79 Å². The summed E-state index contributed by atoms with van der Waals surface area (Å²) in [6.07, 6.45) is 0. The highest BCUT2D eigenvalue weighted by Gasteiger charge is 2.07. The topological polar surface area (TPSA) is 47.6 Å². The molecule has 0 aliphatic carbocycles. The van der Waals surface area contributed by atoms with Crippen LogP contribution in [-0.4, -0.2) is 38.2 Å². The van der Waals surface area contributed by atoms with Crippen LogP contribution in [0.2, 0.25) is 0 Å². The molecule has 0 heterocycles. The minimum absolute atomic E-state index is 0.0278. The number of carbonyl (C=O) groups excluding carboxylic acids is 1. The van der Waals surface area contributed by atoms with E-state index in [0.29, 0.717) is 18.1 Å². The molecule has 100 valence electrons. The number of methoxy groups -OCH3 is 2. The summed E-state index contributed by atoms with van der Waals surface area (Å²) in [4.78, 5) is 11.7. The Morgan fingerprint density at radius 3 is 2.83 bits per heavy atom. The van der Waals surface area contributed by atoms with Gasteiger partial charge in [-0.05, 0) is 24.6 Å². The van der Waals surface area contributed by atoms with E-state index in [2.05, 4.69) is 5.32 Å². The SMILES string of the molecule is COCCSCC(=O)Nc1cc(C)ccc1OC. The van der Waals surface area contributed by atoms with E-state index < -0.39 is 0 Å². The molecule has 1 aromatic rings. The molecule has 1 aromatic carbocycles. The number of benzene rings is 1. The summed E-state index contributed by atoms with van der Waals surface area (Å²) in [5.74, 6) is 1.88. The van der Waals surface area contributed by atoms with Crippen LogP contribution in [0, 0.1) is 6.92 Å². The van der Waals surface area contributed by atoms with Crippen molar-refractivity contribution in [3.05, 3.63) is 23.8 Å². The molecule has 0 spiro atoms. The van der Waals surface area contributed by atoms with Gasteiger partial charge in [-0.2, -0.15) is 0 Å². The summed E-state index contributed by atoms with van der Waals surface area (Å²) in [6, 6.07) is 5.70. The normalized spacial score (nSPS) is 10.2. The second kappa shape index (κ2) is 8.00. The van der Waals surface area contributed by atoms with Gasteiger partial charge in [-0.25, -0.2) is 0 Å². The van der Waals surface area contributed by atoms with Crippen LogP contribution in [0.4, 0.5) is 5.69 Å². The molecule has 0 unspecified atom stereocenters. The molecule has 0 aliphatic rings. The summed E-state index contributed by atoms with van der Waals surface area (Å²) in [5.41, 5.74) is 1.80. The van der Waals surface area contributed by atoms with Crippen molar-refractivity contribution in [3.63, 3.8) is 0 Å². The van der Waals surface area contributed by atoms with Gasteiger partial charge < -0.3 is 14.8 Å². The number of rotatable bonds is 7. The largest absolute Gasteiger partial charge is 0.495 e. The van der Waals surface area contributed by atoms with Crippen molar-refractivity contribution in [1.82, 2.24) is 0 Å². The van der Waals surface area contributed by atoms with Crippen LogP contribution in [0.1, 0.15) is 5.56 Å². The molecule has 5 heteroatoms. The van der Waals surface area contributed by atoms with Gasteiger partial charge in [-0.1, -0.05) is 6.07 Å². The second-order valence-corrected chi connectivity index (χ2v) is 4.90. The molecular formula is C13H19NO3S. The molecule has 0 saturated carbocycles. The molecule has 1 N–H and O–H groups in total. The highest BCUT2D eigenvalue weighted by molar-refractivity contribution is 7.99. The summed E-state index contributed by atoms with van der Waals surface area (Å²) in [5, 5.41) is 2.85. The van der Waals surface area contributed by atoms with Crippen molar-refractivity contribution in [2.45, 2.75) is 6.92 Å². The molecule has 0 fully saturated rings. The van der Waals surface area contributed by atoms with E-state index in [1.165, 1.54) is 0 Å². The Kier molecular flexibility index (Phi) is 6.60. The van der Waals surface area contributed by atoms with Gasteiger partial charge in [0, 0.05) is 12.9 Å². The third-order valence-electron chi connectivity index (χ3n) is 2.29. The first kappa shape index (κ1) is 14.9. The molecular weight excluding hydrogens is 250 g/mol.